The van der Waals surface area contributed by atoms with Gasteiger partial charge in [-0.05, 0) is 38.0 Å². The fourth-order valence-corrected chi connectivity index (χ4v) is 4.00. The van der Waals surface area contributed by atoms with Gasteiger partial charge < -0.3 is 4.90 Å². The van der Waals surface area contributed by atoms with E-state index in [1.807, 2.05) is 30.7 Å². The molecule has 0 saturated carbocycles. The van der Waals surface area contributed by atoms with Crippen LogP contribution in [0.1, 0.15) is 34.7 Å². The lowest BCUT2D eigenvalue weighted by Gasteiger charge is -2.20. The van der Waals surface area contributed by atoms with Gasteiger partial charge in [-0.15, -0.1) is 17.9 Å². The Kier molecular flexibility index (Phi) is 7.43. The van der Waals surface area contributed by atoms with Crippen LogP contribution in [-0.2, 0) is 24.3 Å². The SMILES string of the molecule is C=CCN(Cc1ccc(Cl)s1)C(=O)CCc1c(C)nn(CCC#N)c1C. The van der Waals surface area contributed by atoms with E-state index in [0.29, 0.717) is 38.9 Å². The second kappa shape index (κ2) is 9.56. The van der Waals surface area contributed by atoms with Crippen molar-refractivity contribution in [3.05, 3.63) is 51.0 Å². The van der Waals surface area contributed by atoms with Crippen LogP contribution in [0.25, 0.3) is 0 Å². The van der Waals surface area contributed by atoms with E-state index in [-0.39, 0.29) is 5.91 Å². The number of thiophene rings is 1. The predicted octanol–water partition coefficient (Wildman–Crippen LogP) is 4.28. The number of carbonyl (C=O) groups is 1. The zero-order chi connectivity index (χ0) is 19.1. The van der Waals surface area contributed by atoms with E-state index in [0.717, 1.165) is 26.2 Å². The van der Waals surface area contributed by atoms with Gasteiger partial charge in [-0.3, -0.25) is 9.48 Å². The van der Waals surface area contributed by atoms with E-state index in [1.165, 1.54) is 11.3 Å². The predicted molar refractivity (Wildman–Crippen MR) is 105 cm³/mol. The van der Waals surface area contributed by atoms with E-state index in [9.17, 15) is 4.79 Å². The summed E-state index contributed by atoms with van der Waals surface area (Å²) < 4.78 is 2.58. The van der Waals surface area contributed by atoms with Gasteiger partial charge in [0.05, 0.1) is 35.6 Å². The molecule has 2 heterocycles. The van der Waals surface area contributed by atoms with Crippen LogP contribution in [-0.4, -0.2) is 27.1 Å². The maximum atomic E-state index is 12.7. The highest BCUT2D eigenvalue weighted by Crippen LogP contribution is 2.23. The van der Waals surface area contributed by atoms with Crippen molar-refractivity contribution in [2.75, 3.05) is 6.54 Å². The average molecular weight is 391 g/mol. The lowest BCUT2D eigenvalue weighted by atomic mass is 10.1. The number of aryl methyl sites for hydroxylation is 2. The molecule has 2 aromatic rings. The van der Waals surface area contributed by atoms with E-state index >= 15 is 0 Å². The first-order chi connectivity index (χ1) is 12.5. The van der Waals surface area contributed by atoms with Crippen LogP contribution in [0.5, 0.6) is 0 Å². The molecule has 0 spiro atoms. The maximum Gasteiger partial charge on any atom is 0.223 e. The molecular formula is C19H23ClN4OS. The van der Waals surface area contributed by atoms with Gasteiger partial charge in [-0.25, -0.2) is 0 Å². The Hall–Kier alpha value is -2.10. The van der Waals surface area contributed by atoms with Crippen molar-refractivity contribution in [2.45, 2.75) is 46.2 Å². The van der Waals surface area contributed by atoms with Gasteiger partial charge in [-0.2, -0.15) is 10.4 Å². The van der Waals surface area contributed by atoms with Crippen molar-refractivity contribution >= 4 is 28.8 Å². The third-order valence-corrected chi connectivity index (χ3v) is 5.45. The first kappa shape index (κ1) is 20.2. The summed E-state index contributed by atoms with van der Waals surface area (Å²) in [5.41, 5.74) is 3.05. The minimum absolute atomic E-state index is 0.0815. The van der Waals surface area contributed by atoms with Crippen LogP contribution in [0, 0.1) is 25.2 Å². The highest BCUT2D eigenvalue weighted by Gasteiger charge is 2.17. The van der Waals surface area contributed by atoms with Gasteiger partial charge in [0.25, 0.3) is 0 Å². The molecule has 2 aromatic heterocycles. The summed E-state index contributed by atoms with van der Waals surface area (Å²) in [5.74, 6) is 0.0815. The lowest BCUT2D eigenvalue weighted by Crippen LogP contribution is -2.30. The molecule has 26 heavy (non-hydrogen) atoms. The van der Waals surface area contributed by atoms with Gasteiger partial charge in [-0.1, -0.05) is 17.7 Å². The summed E-state index contributed by atoms with van der Waals surface area (Å²) in [6.07, 6.45) is 3.22. The number of carbonyl (C=O) groups excluding carboxylic acids is 1. The minimum Gasteiger partial charge on any atom is -0.334 e. The molecule has 0 aliphatic heterocycles. The van der Waals surface area contributed by atoms with Crippen molar-refractivity contribution < 1.29 is 4.79 Å². The van der Waals surface area contributed by atoms with Gasteiger partial charge in [0.15, 0.2) is 0 Å². The highest BCUT2D eigenvalue weighted by molar-refractivity contribution is 7.16. The quantitative estimate of drug-likeness (QED) is 0.600. The van der Waals surface area contributed by atoms with Crippen LogP contribution in [0.15, 0.2) is 24.8 Å². The Morgan fingerprint density at radius 2 is 2.27 bits per heavy atom. The Balaban J connectivity index is 2.02. The largest absolute Gasteiger partial charge is 0.334 e. The number of hydrogen-bond acceptors (Lipinski definition) is 4. The summed E-state index contributed by atoms with van der Waals surface area (Å²) in [6.45, 7) is 9.33. The molecule has 0 unspecified atom stereocenters. The topological polar surface area (TPSA) is 61.9 Å². The Morgan fingerprint density at radius 3 is 2.88 bits per heavy atom. The van der Waals surface area contributed by atoms with Gasteiger partial charge in [0.1, 0.15) is 0 Å². The van der Waals surface area contributed by atoms with E-state index in [1.54, 1.807) is 11.0 Å². The van der Waals surface area contributed by atoms with Crippen LogP contribution >= 0.6 is 22.9 Å². The average Bonchev–Trinajstić information content (AvgIpc) is 3.13. The van der Waals surface area contributed by atoms with Crippen molar-refractivity contribution in [3.63, 3.8) is 0 Å². The molecule has 0 saturated heterocycles. The molecule has 0 aromatic carbocycles. The molecule has 0 aliphatic carbocycles. The minimum atomic E-state index is 0.0815. The van der Waals surface area contributed by atoms with Gasteiger partial charge in [0, 0.05) is 23.5 Å². The third kappa shape index (κ3) is 5.20. The summed E-state index contributed by atoms with van der Waals surface area (Å²) in [7, 11) is 0. The number of aromatic nitrogens is 2. The van der Waals surface area contributed by atoms with Crippen LogP contribution in [0.2, 0.25) is 4.34 Å². The molecule has 0 fully saturated rings. The number of nitriles is 1. The van der Waals surface area contributed by atoms with Crippen molar-refractivity contribution in [1.29, 1.82) is 5.26 Å². The normalized spacial score (nSPS) is 10.5. The molecule has 7 heteroatoms. The molecule has 0 N–H and O–H groups in total. The summed E-state index contributed by atoms with van der Waals surface area (Å²) in [6, 6.07) is 5.93. The zero-order valence-electron chi connectivity index (χ0n) is 15.2. The van der Waals surface area contributed by atoms with Crippen molar-refractivity contribution in [1.82, 2.24) is 14.7 Å². The molecular weight excluding hydrogens is 368 g/mol. The molecule has 5 nitrogen and oxygen atoms in total. The molecule has 138 valence electrons. The van der Waals surface area contributed by atoms with Gasteiger partial charge in [0.2, 0.25) is 5.91 Å². The molecule has 0 bridgehead atoms. The Labute approximate surface area is 163 Å². The van der Waals surface area contributed by atoms with E-state index in [2.05, 4.69) is 17.7 Å². The third-order valence-electron chi connectivity index (χ3n) is 4.23. The summed E-state index contributed by atoms with van der Waals surface area (Å²) in [4.78, 5) is 15.5. The maximum absolute atomic E-state index is 12.7. The van der Waals surface area contributed by atoms with Crippen LogP contribution in [0.4, 0.5) is 0 Å². The Morgan fingerprint density at radius 1 is 1.50 bits per heavy atom. The monoisotopic (exact) mass is 390 g/mol. The summed E-state index contributed by atoms with van der Waals surface area (Å²) in [5, 5.41) is 13.2. The number of halogens is 1. The first-order valence-electron chi connectivity index (χ1n) is 8.49. The standard InChI is InChI=1S/C19H23ClN4OS/c1-4-11-23(13-16-6-8-18(20)26-16)19(25)9-7-17-14(2)22-24(15(17)3)12-5-10-21/h4,6,8H,1,5,7,9,11-13H2,2-3H3. The van der Waals surface area contributed by atoms with E-state index in [4.69, 9.17) is 16.9 Å². The second-order valence-corrected chi connectivity index (χ2v) is 7.85. The molecule has 1 amide bonds. The molecule has 0 radical (unpaired) electrons. The number of nitrogens with zero attached hydrogens (tertiary/aromatic N) is 4. The molecule has 0 atom stereocenters. The molecule has 0 aliphatic rings. The second-order valence-electron chi connectivity index (χ2n) is 6.05. The van der Waals surface area contributed by atoms with E-state index < -0.39 is 0 Å². The summed E-state index contributed by atoms with van der Waals surface area (Å²) >= 11 is 7.47. The fraction of sp³-hybridized carbons (Fsp3) is 0.421. The smallest absolute Gasteiger partial charge is 0.223 e. The van der Waals surface area contributed by atoms with Crippen molar-refractivity contribution in [3.8, 4) is 6.07 Å². The highest BCUT2D eigenvalue weighted by atomic mass is 35.5. The number of amides is 1. The number of rotatable bonds is 9. The van der Waals surface area contributed by atoms with Gasteiger partial charge >= 0.3 is 0 Å². The zero-order valence-corrected chi connectivity index (χ0v) is 16.7. The molecule has 2 rings (SSSR count). The first-order valence-corrected chi connectivity index (χ1v) is 9.68. The van der Waals surface area contributed by atoms with Crippen molar-refractivity contribution in [2.24, 2.45) is 0 Å². The van der Waals surface area contributed by atoms with Crippen LogP contribution in [0.3, 0.4) is 0 Å². The lowest BCUT2D eigenvalue weighted by molar-refractivity contribution is -0.131. The number of hydrogen-bond donors (Lipinski definition) is 0. The fourth-order valence-electron chi connectivity index (χ4n) is 2.89. The van der Waals surface area contributed by atoms with Crippen LogP contribution < -0.4 is 0 Å². The Bertz CT molecular complexity index is 818.